The number of fused-ring (bicyclic) bond motifs is 1. The summed E-state index contributed by atoms with van der Waals surface area (Å²) in [7, 11) is 5.06. The number of rotatable bonds is 6. The first-order valence-electron chi connectivity index (χ1n) is 9.91. The molecule has 0 unspecified atom stereocenters. The predicted molar refractivity (Wildman–Crippen MR) is 119 cm³/mol. The van der Waals surface area contributed by atoms with E-state index in [-0.39, 0.29) is 5.56 Å². The zero-order valence-electron chi connectivity index (χ0n) is 17.7. The van der Waals surface area contributed by atoms with Gasteiger partial charge >= 0.3 is 0 Å². The standard InChI is InChI=1S/C24H25N3O3/c1-5-15-6-8-16(9-7-15)10-18-21(29-3)11-17(12-22(18)30-4)20-14-27(2)24(28)23-19(20)13-25-26-23/h6-9,11-14H,5,10H2,1-4H3,(H,25,26). The van der Waals surface area contributed by atoms with Gasteiger partial charge < -0.3 is 14.0 Å². The average molecular weight is 403 g/mol. The Bertz CT molecular complexity index is 1230. The highest BCUT2D eigenvalue weighted by Gasteiger charge is 2.17. The molecule has 154 valence electrons. The Morgan fingerprint density at radius 2 is 1.67 bits per heavy atom. The number of aryl methyl sites for hydroxylation is 2. The second-order valence-corrected chi connectivity index (χ2v) is 7.32. The molecule has 4 rings (SSSR count). The van der Waals surface area contributed by atoms with Crippen LogP contribution in [0.15, 0.2) is 53.6 Å². The van der Waals surface area contributed by atoms with Gasteiger partial charge in [-0.05, 0) is 35.2 Å². The number of pyridine rings is 1. The fraction of sp³-hybridized carbons (Fsp3) is 0.250. The first-order chi connectivity index (χ1) is 14.5. The normalized spacial score (nSPS) is 11.1. The molecule has 6 heteroatoms. The van der Waals surface area contributed by atoms with Crippen LogP contribution in [0.4, 0.5) is 0 Å². The molecule has 0 aliphatic heterocycles. The second kappa shape index (κ2) is 8.06. The maximum absolute atomic E-state index is 12.4. The molecular formula is C24H25N3O3. The highest BCUT2D eigenvalue weighted by molar-refractivity contribution is 5.94. The van der Waals surface area contributed by atoms with Crippen molar-refractivity contribution in [1.29, 1.82) is 0 Å². The number of hydrogen-bond acceptors (Lipinski definition) is 4. The van der Waals surface area contributed by atoms with E-state index in [2.05, 4.69) is 41.4 Å². The molecule has 0 fully saturated rings. The minimum atomic E-state index is -0.114. The molecule has 2 aromatic carbocycles. The number of aromatic amines is 1. The lowest BCUT2D eigenvalue weighted by atomic mass is 9.96. The van der Waals surface area contributed by atoms with Crippen LogP contribution < -0.4 is 15.0 Å². The highest BCUT2D eigenvalue weighted by Crippen LogP contribution is 2.38. The molecule has 2 heterocycles. The van der Waals surface area contributed by atoms with Gasteiger partial charge in [-0.1, -0.05) is 31.2 Å². The smallest absolute Gasteiger partial charge is 0.276 e. The molecule has 0 amide bonds. The van der Waals surface area contributed by atoms with E-state index in [0.29, 0.717) is 11.9 Å². The Labute approximate surface area is 175 Å². The van der Waals surface area contributed by atoms with E-state index in [9.17, 15) is 4.79 Å². The van der Waals surface area contributed by atoms with Crippen molar-refractivity contribution < 1.29 is 9.47 Å². The number of benzene rings is 2. The van der Waals surface area contributed by atoms with E-state index in [1.165, 1.54) is 11.1 Å². The number of nitrogens with zero attached hydrogens (tertiary/aromatic N) is 2. The van der Waals surface area contributed by atoms with Gasteiger partial charge in [0.1, 0.15) is 17.0 Å². The van der Waals surface area contributed by atoms with Gasteiger partial charge in [-0.15, -0.1) is 0 Å². The van der Waals surface area contributed by atoms with Crippen LogP contribution in [-0.2, 0) is 19.9 Å². The third-order valence-corrected chi connectivity index (χ3v) is 5.52. The van der Waals surface area contributed by atoms with Crippen molar-refractivity contribution >= 4 is 10.9 Å². The maximum Gasteiger partial charge on any atom is 0.276 e. The Balaban J connectivity index is 1.83. The van der Waals surface area contributed by atoms with Crippen LogP contribution in [0.5, 0.6) is 11.5 Å². The Morgan fingerprint density at radius 1 is 1.03 bits per heavy atom. The summed E-state index contributed by atoms with van der Waals surface area (Å²) < 4.78 is 13.0. The maximum atomic E-state index is 12.4. The quantitative estimate of drug-likeness (QED) is 0.526. The topological polar surface area (TPSA) is 69.1 Å². The van der Waals surface area contributed by atoms with Crippen LogP contribution in [0.1, 0.15) is 23.6 Å². The largest absolute Gasteiger partial charge is 0.496 e. The molecule has 30 heavy (non-hydrogen) atoms. The minimum absolute atomic E-state index is 0.114. The van der Waals surface area contributed by atoms with Crippen LogP contribution >= 0.6 is 0 Å². The summed E-state index contributed by atoms with van der Waals surface area (Å²) in [5.74, 6) is 1.49. The van der Waals surface area contributed by atoms with E-state index in [1.807, 2.05) is 18.3 Å². The Morgan fingerprint density at radius 3 is 2.27 bits per heavy atom. The summed E-state index contributed by atoms with van der Waals surface area (Å²) in [6.45, 7) is 2.15. The van der Waals surface area contributed by atoms with Crippen LogP contribution in [-0.4, -0.2) is 29.0 Å². The lowest BCUT2D eigenvalue weighted by Gasteiger charge is -2.17. The molecule has 0 spiro atoms. The van der Waals surface area contributed by atoms with Gasteiger partial charge in [0.2, 0.25) is 0 Å². The third kappa shape index (κ3) is 3.45. The van der Waals surface area contributed by atoms with Crippen molar-refractivity contribution in [2.45, 2.75) is 19.8 Å². The Kier molecular flexibility index (Phi) is 5.31. The molecule has 0 bridgehead atoms. The predicted octanol–water partition coefficient (Wildman–Crippen LogP) is 4.10. The monoisotopic (exact) mass is 403 g/mol. The van der Waals surface area contributed by atoms with Crippen LogP contribution in [0, 0.1) is 0 Å². The molecule has 4 aromatic rings. The van der Waals surface area contributed by atoms with Crippen molar-refractivity contribution in [1.82, 2.24) is 14.8 Å². The van der Waals surface area contributed by atoms with Gasteiger partial charge in [-0.3, -0.25) is 9.89 Å². The van der Waals surface area contributed by atoms with Crippen LogP contribution in [0.2, 0.25) is 0 Å². The SMILES string of the molecule is CCc1ccc(Cc2c(OC)cc(-c3cn(C)c(=O)c4[nH]ncc34)cc2OC)cc1. The third-order valence-electron chi connectivity index (χ3n) is 5.52. The molecular weight excluding hydrogens is 378 g/mol. The van der Waals surface area contributed by atoms with Gasteiger partial charge in [0.25, 0.3) is 5.56 Å². The molecule has 1 N–H and O–H groups in total. The molecule has 2 aromatic heterocycles. The fourth-order valence-electron chi connectivity index (χ4n) is 3.79. The molecule has 6 nitrogen and oxygen atoms in total. The van der Waals surface area contributed by atoms with E-state index in [1.54, 1.807) is 32.0 Å². The molecule has 0 radical (unpaired) electrons. The molecule has 0 atom stereocenters. The fourth-order valence-corrected chi connectivity index (χ4v) is 3.79. The molecule has 0 aliphatic carbocycles. The van der Waals surface area contributed by atoms with Crippen molar-refractivity contribution in [2.24, 2.45) is 7.05 Å². The first kappa shape index (κ1) is 19.8. The summed E-state index contributed by atoms with van der Waals surface area (Å²) in [5, 5.41) is 7.63. The van der Waals surface area contributed by atoms with Crippen molar-refractivity contribution in [3.05, 3.63) is 75.8 Å². The van der Waals surface area contributed by atoms with Gasteiger partial charge in [0.05, 0.1) is 20.4 Å². The van der Waals surface area contributed by atoms with E-state index >= 15 is 0 Å². The van der Waals surface area contributed by atoms with Gasteiger partial charge in [0.15, 0.2) is 0 Å². The lowest BCUT2D eigenvalue weighted by molar-refractivity contribution is 0.387. The number of nitrogens with one attached hydrogen (secondary N) is 1. The minimum Gasteiger partial charge on any atom is -0.496 e. The summed E-state index contributed by atoms with van der Waals surface area (Å²) in [5.41, 5.74) is 5.64. The van der Waals surface area contributed by atoms with E-state index in [4.69, 9.17) is 9.47 Å². The van der Waals surface area contributed by atoms with Gasteiger partial charge in [-0.2, -0.15) is 5.10 Å². The highest BCUT2D eigenvalue weighted by atomic mass is 16.5. The van der Waals surface area contributed by atoms with Gasteiger partial charge in [-0.25, -0.2) is 0 Å². The van der Waals surface area contributed by atoms with Crippen LogP contribution in [0.25, 0.3) is 22.0 Å². The summed E-state index contributed by atoms with van der Waals surface area (Å²) >= 11 is 0. The zero-order valence-corrected chi connectivity index (χ0v) is 17.7. The summed E-state index contributed by atoms with van der Waals surface area (Å²) in [4.78, 5) is 12.4. The number of aromatic nitrogens is 3. The molecule has 0 saturated carbocycles. The summed E-state index contributed by atoms with van der Waals surface area (Å²) in [6.07, 6.45) is 5.21. The Hall–Kier alpha value is -3.54. The molecule has 0 aliphatic rings. The van der Waals surface area contributed by atoms with Crippen molar-refractivity contribution in [2.75, 3.05) is 14.2 Å². The lowest BCUT2D eigenvalue weighted by Crippen LogP contribution is -2.16. The average Bonchev–Trinajstić information content (AvgIpc) is 3.27. The number of hydrogen-bond donors (Lipinski definition) is 1. The van der Waals surface area contributed by atoms with Crippen molar-refractivity contribution in [3.8, 4) is 22.6 Å². The van der Waals surface area contributed by atoms with Gasteiger partial charge in [0, 0.05) is 36.2 Å². The van der Waals surface area contributed by atoms with Crippen molar-refractivity contribution in [3.63, 3.8) is 0 Å². The van der Waals surface area contributed by atoms with E-state index < -0.39 is 0 Å². The zero-order chi connectivity index (χ0) is 21.3. The number of ether oxygens (including phenoxy) is 2. The van der Waals surface area contributed by atoms with Crippen LogP contribution in [0.3, 0.4) is 0 Å². The summed E-state index contributed by atoms with van der Waals surface area (Å²) in [6, 6.07) is 12.6. The molecule has 0 saturated heterocycles. The number of H-pyrrole nitrogens is 1. The second-order valence-electron chi connectivity index (χ2n) is 7.32. The van der Waals surface area contributed by atoms with E-state index in [0.717, 1.165) is 40.0 Å². The number of methoxy groups -OCH3 is 2. The first-order valence-corrected chi connectivity index (χ1v) is 9.91.